The zero-order chi connectivity index (χ0) is 6.57. The summed E-state index contributed by atoms with van der Waals surface area (Å²) in [5, 5.41) is 0. The van der Waals surface area contributed by atoms with Crippen LogP contribution in [0.1, 0.15) is 0 Å². The highest BCUT2D eigenvalue weighted by molar-refractivity contribution is 5.52. The second kappa shape index (κ2) is 3.02. The van der Waals surface area contributed by atoms with Gasteiger partial charge in [0.25, 0.3) is 0 Å². The molecule has 0 aromatic rings. The first kappa shape index (κ1) is 6.95. The van der Waals surface area contributed by atoms with Gasteiger partial charge in [0, 0.05) is 12.7 Å². The summed E-state index contributed by atoms with van der Waals surface area (Å²) in [6.45, 7) is 6.85. The van der Waals surface area contributed by atoms with Gasteiger partial charge < -0.3 is 4.90 Å². The van der Waals surface area contributed by atoms with Crippen molar-refractivity contribution in [2.24, 2.45) is 0 Å². The summed E-state index contributed by atoms with van der Waals surface area (Å²) in [5.41, 5.74) is 0.500. The Balaban J connectivity index is 3.80. The first-order valence-corrected chi connectivity index (χ1v) is 2.08. The molecule has 0 bridgehead atoms. The van der Waals surface area contributed by atoms with E-state index in [1.807, 2.05) is 0 Å². The lowest BCUT2D eigenvalue weighted by molar-refractivity contribution is -0.114. The Bertz CT molecular complexity index is 118. The topological polar surface area (TPSA) is 20.3 Å². The second-order valence-electron chi connectivity index (χ2n) is 1.27. The predicted octanol–water partition coefficient (Wildman–Crippen LogP) is 0.936. The van der Waals surface area contributed by atoms with Gasteiger partial charge in [0.05, 0.1) is 0 Å². The van der Waals surface area contributed by atoms with Crippen LogP contribution in [0.2, 0.25) is 0 Å². The SMILES string of the molecule is [CH2]N(C=O)C(=C)C=C. The van der Waals surface area contributed by atoms with Crippen molar-refractivity contribution in [2.75, 3.05) is 0 Å². The first-order chi connectivity index (χ1) is 3.72. The Morgan fingerprint density at radius 3 is 2.25 bits per heavy atom. The fraction of sp³-hybridized carbons (Fsp3) is 0. The lowest BCUT2D eigenvalue weighted by Crippen LogP contribution is -2.08. The van der Waals surface area contributed by atoms with Crippen LogP contribution in [0, 0.1) is 7.05 Å². The lowest BCUT2D eigenvalue weighted by atomic mass is 10.4. The molecule has 1 radical (unpaired) electrons. The summed E-state index contributed by atoms with van der Waals surface area (Å²) in [6.07, 6.45) is 2.03. The van der Waals surface area contributed by atoms with Crippen molar-refractivity contribution in [1.29, 1.82) is 0 Å². The molecule has 0 aliphatic carbocycles. The summed E-state index contributed by atoms with van der Waals surface area (Å²) in [7, 11) is 3.32. The minimum Gasteiger partial charge on any atom is -0.314 e. The van der Waals surface area contributed by atoms with Crippen molar-refractivity contribution in [2.45, 2.75) is 0 Å². The van der Waals surface area contributed by atoms with Gasteiger partial charge in [-0.15, -0.1) is 0 Å². The predicted molar refractivity (Wildman–Crippen MR) is 32.6 cm³/mol. The van der Waals surface area contributed by atoms with Crippen molar-refractivity contribution >= 4 is 6.41 Å². The van der Waals surface area contributed by atoms with Gasteiger partial charge >= 0.3 is 0 Å². The molecule has 1 amide bonds. The van der Waals surface area contributed by atoms with Gasteiger partial charge in [-0.25, -0.2) is 0 Å². The van der Waals surface area contributed by atoms with Crippen LogP contribution in [-0.4, -0.2) is 11.3 Å². The van der Waals surface area contributed by atoms with Gasteiger partial charge in [-0.2, -0.15) is 0 Å². The Morgan fingerprint density at radius 1 is 1.62 bits per heavy atom. The third kappa shape index (κ3) is 1.60. The molecule has 0 spiro atoms. The van der Waals surface area contributed by atoms with Gasteiger partial charge in [0.1, 0.15) is 0 Å². The van der Waals surface area contributed by atoms with Gasteiger partial charge in [-0.05, 0) is 6.08 Å². The van der Waals surface area contributed by atoms with Crippen molar-refractivity contribution in [1.82, 2.24) is 4.90 Å². The van der Waals surface area contributed by atoms with Gasteiger partial charge in [0.2, 0.25) is 6.41 Å². The van der Waals surface area contributed by atoms with Crippen LogP contribution in [0.5, 0.6) is 0 Å². The number of amides is 1. The average molecular weight is 110 g/mol. The maximum absolute atomic E-state index is 9.86. The standard InChI is InChI=1S/C6H8NO/c1-4-6(2)7(3)5-8/h4-5H,1-3H2. The highest BCUT2D eigenvalue weighted by Crippen LogP contribution is 1.94. The molecule has 0 fully saturated rings. The number of carbonyl (C=O) groups is 1. The zero-order valence-corrected chi connectivity index (χ0v) is 4.63. The van der Waals surface area contributed by atoms with E-state index in [4.69, 9.17) is 0 Å². The molecule has 0 unspecified atom stereocenters. The van der Waals surface area contributed by atoms with Crippen molar-refractivity contribution in [3.05, 3.63) is 32.0 Å². The maximum Gasteiger partial charge on any atom is 0.214 e. The highest BCUT2D eigenvalue weighted by atomic mass is 16.1. The Hall–Kier alpha value is -1.05. The summed E-state index contributed by atoms with van der Waals surface area (Å²) in [5.74, 6) is 0. The minimum absolute atomic E-state index is 0.500. The fourth-order valence-electron chi connectivity index (χ4n) is 0.185. The van der Waals surface area contributed by atoms with Crippen LogP contribution in [0.25, 0.3) is 0 Å². The summed E-state index contributed by atoms with van der Waals surface area (Å²) < 4.78 is 0. The quantitative estimate of drug-likeness (QED) is 0.391. The molecule has 0 aliphatic rings. The third-order valence-corrected chi connectivity index (χ3v) is 0.732. The maximum atomic E-state index is 9.86. The molecule has 2 heteroatoms. The van der Waals surface area contributed by atoms with E-state index in [9.17, 15) is 4.79 Å². The van der Waals surface area contributed by atoms with Gasteiger partial charge in [0.15, 0.2) is 0 Å². The molecule has 0 N–H and O–H groups in total. The zero-order valence-electron chi connectivity index (χ0n) is 4.63. The number of carbonyl (C=O) groups excluding carboxylic acids is 1. The van der Waals surface area contributed by atoms with Crippen LogP contribution < -0.4 is 0 Å². The number of rotatable bonds is 3. The average Bonchev–Trinajstić information content (AvgIpc) is 1.84. The Morgan fingerprint density at radius 2 is 2.12 bits per heavy atom. The second-order valence-corrected chi connectivity index (χ2v) is 1.27. The van der Waals surface area contributed by atoms with Crippen LogP contribution in [-0.2, 0) is 4.79 Å². The molecule has 43 valence electrons. The van der Waals surface area contributed by atoms with E-state index in [2.05, 4.69) is 20.2 Å². The largest absolute Gasteiger partial charge is 0.314 e. The van der Waals surface area contributed by atoms with E-state index in [1.54, 1.807) is 0 Å². The van der Waals surface area contributed by atoms with Crippen LogP contribution >= 0.6 is 0 Å². The number of allylic oxidation sites excluding steroid dienone is 1. The lowest BCUT2D eigenvalue weighted by Gasteiger charge is -2.07. The van der Waals surface area contributed by atoms with Gasteiger partial charge in [-0.3, -0.25) is 4.79 Å². The molecule has 0 aliphatic heterocycles. The van der Waals surface area contributed by atoms with E-state index in [-0.39, 0.29) is 0 Å². The van der Waals surface area contributed by atoms with E-state index < -0.39 is 0 Å². The Kier molecular flexibility index (Phi) is 2.62. The fourth-order valence-corrected chi connectivity index (χ4v) is 0.185. The molecule has 0 aromatic heterocycles. The normalized spacial score (nSPS) is 7.62. The van der Waals surface area contributed by atoms with Crippen molar-refractivity contribution in [3.8, 4) is 0 Å². The number of nitrogens with zero attached hydrogens (tertiary/aromatic N) is 1. The number of hydrogen-bond acceptors (Lipinski definition) is 1. The summed E-state index contributed by atoms with van der Waals surface area (Å²) >= 11 is 0. The summed E-state index contributed by atoms with van der Waals surface area (Å²) in [6, 6.07) is 0. The van der Waals surface area contributed by atoms with E-state index >= 15 is 0 Å². The van der Waals surface area contributed by atoms with Crippen LogP contribution in [0.3, 0.4) is 0 Å². The molecule has 0 heterocycles. The molecule has 0 atom stereocenters. The van der Waals surface area contributed by atoms with Crippen molar-refractivity contribution < 1.29 is 4.79 Å². The molecular weight excluding hydrogens is 102 g/mol. The van der Waals surface area contributed by atoms with Crippen molar-refractivity contribution in [3.63, 3.8) is 0 Å². The summed E-state index contributed by atoms with van der Waals surface area (Å²) in [4.78, 5) is 11.0. The Labute approximate surface area is 49.1 Å². The molecule has 0 saturated heterocycles. The first-order valence-electron chi connectivity index (χ1n) is 2.08. The third-order valence-electron chi connectivity index (χ3n) is 0.732. The number of hydrogen-bond donors (Lipinski definition) is 0. The molecule has 0 aromatic carbocycles. The van der Waals surface area contributed by atoms with E-state index in [1.165, 1.54) is 6.08 Å². The van der Waals surface area contributed by atoms with Crippen LogP contribution in [0.4, 0.5) is 0 Å². The van der Waals surface area contributed by atoms with Gasteiger partial charge in [-0.1, -0.05) is 13.2 Å². The molecule has 0 saturated carbocycles. The molecule has 2 nitrogen and oxygen atoms in total. The molecule has 0 rings (SSSR count). The van der Waals surface area contributed by atoms with E-state index in [0.717, 1.165) is 4.90 Å². The highest BCUT2D eigenvalue weighted by Gasteiger charge is 1.90. The smallest absolute Gasteiger partial charge is 0.214 e. The molecular formula is C6H8NO. The monoisotopic (exact) mass is 110 g/mol. The minimum atomic E-state index is 0.500. The van der Waals surface area contributed by atoms with Crippen LogP contribution in [0.15, 0.2) is 24.9 Å². The van der Waals surface area contributed by atoms with E-state index in [0.29, 0.717) is 12.1 Å². The molecule has 8 heavy (non-hydrogen) atoms.